The first kappa shape index (κ1) is 11.5. The molecule has 0 saturated carbocycles. The first-order valence-corrected chi connectivity index (χ1v) is 5.51. The Bertz CT molecular complexity index is 201. The van der Waals surface area contributed by atoms with E-state index in [1.54, 1.807) is 0 Å². The summed E-state index contributed by atoms with van der Waals surface area (Å²) in [5, 5.41) is 0. The second-order valence-electron chi connectivity index (χ2n) is 4.33. The molecular weight excluding hydrogens is 178 g/mol. The number of amides is 1. The van der Waals surface area contributed by atoms with Crippen molar-refractivity contribution in [1.82, 2.24) is 4.90 Å². The summed E-state index contributed by atoms with van der Waals surface area (Å²) in [6.07, 6.45) is 2.02. The van der Waals surface area contributed by atoms with Crippen LogP contribution in [0.3, 0.4) is 0 Å². The van der Waals surface area contributed by atoms with Gasteiger partial charge in [0.1, 0.15) is 6.23 Å². The number of carbonyl (C=O) groups is 1. The second kappa shape index (κ2) is 4.78. The molecule has 1 saturated heterocycles. The number of nitrogens with zero attached hydrogens (tertiary/aromatic N) is 1. The van der Waals surface area contributed by atoms with E-state index >= 15 is 0 Å². The van der Waals surface area contributed by atoms with Crippen LogP contribution in [0.4, 0.5) is 0 Å². The number of hydrogen-bond acceptors (Lipinski definition) is 2. The van der Waals surface area contributed by atoms with Crippen LogP contribution in [0, 0.1) is 5.92 Å². The van der Waals surface area contributed by atoms with Crippen molar-refractivity contribution in [1.29, 1.82) is 0 Å². The van der Waals surface area contributed by atoms with Crippen LogP contribution < -0.4 is 0 Å². The number of rotatable bonds is 3. The summed E-state index contributed by atoms with van der Waals surface area (Å²) in [5.41, 5.74) is 0. The van der Waals surface area contributed by atoms with E-state index in [1.165, 1.54) is 0 Å². The fraction of sp³-hybridized carbons (Fsp3) is 0.909. The van der Waals surface area contributed by atoms with Crippen LogP contribution in [0.25, 0.3) is 0 Å². The highest BCUT2D eigenvalue weighted by Crippen LogP contribution is 2.22. The molecule has 2 atom stereocenters. The van der Waals surface area contributed by atoms with Crippen LogP contribution in [0.1, 0.15) is 40.5 Å². The largest absolute Gasteiger partial charge is 0.356 e. The van der Waals surface area contributed by atoms with Crippen LogP contribution in [0.15, 0.2) is 0 Å². The van der Waals surface area contributed by atoms with Gasteiger partial charge < -0.3 is 9.64 Å². The highest BCUT2D eigenvalue weighted by Gasteiger charge is 2.35. The van der Waals surface area contributed by atoms with Crippen molar-refractivity contribution in [3.63, 3.8) is 0 Å². The Balaban J connectivity index is 2.66. The number of ether oxygens (including phenoxy) is 1. The average molecular weight is 199 g/mol. The fourth-order valence-electron chi connectivity index (χ4n) is 1.82. The Morgan fingerprint density at radius 1 is 1.57 bits per heavy atom. The molecule has 1 aliphatic heterocycles. The Morgan fingerprint density at radius 2 is 2.21 bits per heavy atom. The quantitative estimate of drug-likeness (QED) is 0.696. The van der Waals surface area contributed by atoms with Crippen molar-refractivity contribution in [2.75, 3.05) is 6.61 Å². The molecule has 2 unspecified atom stereocenters. The third-order valence-corrected chi connectivity index (χ3v) is 2.60. The molecule has 0 aromatic heterocycles. The van der Waals surface area contributed by atoms with Crippen molar-refractivity contribution in [3.05, 3.63) is 0 Å². The van der Waals surface area contributed by atoms with Crippen LogP contribution >= 0.6 is 0 Å². The maximum absolute atomic E-state index is 11.9. The van der Waals surface area contributed by atoms with E-state index in [0.29, 0.717) is 6.61 Å². The maximum Gasteiger partial charge on any atom is 0.227 e. The molecule has 82 valence electrons. The number of hydrogen-bond donors (Lipinski definition) is 0. The highest BCUT2D eigenvalue weighted by molar-refractivity contribution is 5.78. The standard InChI is InChI=1S/C11H21NO2/c1-5-6-10-12(9(4)7-14-10)11(13)8(2)3/h8-10H,5-7H2,1-4H3. The van der Waals surface area contributed by atoms with Crippen molar-refractivity contribution in [3.8, 4) is 0 Å². The summed E-state index contributed by atoms with van der Waals surface area (Å²) in [6, 6.07) is 0.237. The second-order valence-corrected chi connectivity index (χ2v) is 4.33. The van der Waals surface area contributed by atoms with E-state index < -0.39 is 0 Å². The monoisotopic (exact) mass is 199 g/mol. The predicted molar refractivity (Wildman–Crippen MR) is 55.8 cm³/mol. The molecule has 0 aromatic rings. The van der Waals surface area contributed by atoms with Crippen molar-refractivity contribution >= 4 is 5.91 Å². The molecule has 0 aromatic carbocycles. The summed E-state index contributed by atoms with van der Waals surface area (Å²) in [7, 11) is 0. The molecule has 3 nitrogen and oxygen atoms in total. The molecule has 0 spiro atoms. The van der Waals surface area contributed by atoms with E-state index in [1.807, 2.05) is 18.7 Å². The molecule has 14 heavy (non-hydrogen) atoms. The van der Waals surface area contributed by atoms with E-state index in [4.69, 9.17) is 4.74 Å². The molecule has 0 radical (unpaired) electrons. The molecule has 1 aliphatic rings. The summed E-state index contributed by atoms with van der Waals surface area (Å²) < 4.78 is 5.59. The predicted octanol–water partition coefficient (Wildman–Crippen LogP) is 2.02. The lowest BCUT2D eigenvalue weighted by atomic mass is 10.1. The minimum absolute atomic E-state index is 0.0184. The Morgan fingerprint density at radius 3 is 2.71 bits per heavy atom. The van der Waals surface area contributed by atoms with Gasteiger partial charge in [0, 0.05) is 5.92 Å². The fourth-order valence-corrected chi connectivity index (χ4v) is 1.82. The Hall–Kier alpha value is -0.570. The van der Waals surface area contributed by atoms with Crippen LogP contribution in [0.5, 0.6) is 0 Å². The zero-order valence-electron chi connectivity index (χ0n) is 9.62. The SMILES string of the molecule is CCCC1OCC(C)N1C(=O)C(C)C. The first-order chi connectivity index (χ1) is 6.57. The molecular formula is C11H21NO2. The van der Waals surface area contributed by atoms with E-state index in [2.05, 4.69) is 13.8 Å². The lowest BCUT2D eigenvalue weighted by molar-refractivity contribution is -0.141. The minimum atomic E-state index is 0.0184. The van der Waals surface area contributed by atoms with E-state index in [-0.39, 0.29) is 24.1 Å². The third-order valence-electron chi connectivity index (χ3n) is 2.60. The normalized spacial score (nSPS) is 27.4. The van der Waals surface area contributed by atoms with Gasteiger partial charge in [0.2, 0.25) is 5.91 Å². The summed E-state index contributed by atoms with van der Waals surface area (Å²) in [4.78, 5) is 13.8. The lowest BCUT2D eigenvalue weighted by Gasteiger charge is -2.27. The molecule has 0 bridgehead atoms. The molecule has 0 aliphatic carbocycles. The van der Waals surface area contributed by atoms with Gasteiger partial charge in [-0.1, -0.05) is 27.2 Å². The first-order valence-electron chi connectivity index (χ1n) is 5.51. The van der Waals surface area contributed by atoms with Gasteiger partial charge in [-0.3, -0.25) is 4.79 Å². The van der Waals surface area contributed by atoms with Gasteiger partial charge in [0.05, 0.1) is 12.6 Å². The Kier molecular flexibility index (Phi) is 3.93. The zero-order chi connectivity index (χ0) is 10.7. The van der Waals surface area contributed by atoms with Crippen LogP contribution in [0.2, 0.25) is 0 Å². The van der Waals surface area contributed by atoms with Crippen LogP contribution in [-0.4, -0.2) is 29.7 Å². The summed E-state index contributed by atoms with van der Waals surface area (Å²) in [5.74, 6) is 0.284. The van der Waals surface area contributed by atoms with Crippen molar-refractivity contribution < 1.29 is 9.53 Å². The van der Waals surface area contributed by atoms with Gasteiger partial charge in [-0.15, -0.1) is 0 Å². The lowest BCUT2D eigenvalue weighted by Crippen LogP contribution is -2.42. The molecule has 3 heteroatoms. The van der Waals surface area contributed by atoms with Gasteiger partial charge in [0.15, 0.2) is 0 Å². The summed E-state index contributed by atoms with van der Waals surface area (Å²) in [6.45, 7) is 8.73. The molecule has 1 rings (SSSR count). The van der Waals surface area contributed by atoms with Gasteiger partial charge >= 0.3 is 0 Å². The smallest absolute Gasteiger partial charge is 0.227 e. The minimum Gasteiger partial charge on any atom is -0.356 e. The van der Waals surface area contributed by atoms with Crippen molar-refractivity contribution in [2.45, 2.75) is 52.8 Å². The maximum atomic E-state index is 11.9. The molecule has 0 N–H and O–H groups in total. The highest BCUT2D eigenvalue weighted by atomic mass is 16.5. The van der Waals surface area contributed by atoms with Crippen molar-refractivity contribution in [2.24, 2.45) is 5.92 Å². The van der Waals surface area contributed by atoms with Gasteiger partial charge in [0.25, 0.3) is 0 Å². The number of carbonyl (C=O) groups excluding carboxylic acids is 1. The third kappa shape index (κ3) is 2.27. The average Bonchev–Trinajstić information content (AvgIpc) is 2.47. The van der Waals surface area contributed by atoms with Gasteiger partial charge in [-0.2, -0.15) is 0 Å². The molecule has 1 heterocycles. The van der Waals surface area contributed by atoms with E-state index in [0.717, 1.165) is 12.8 Å². The topological polar surface area (TPSA) is 29.5 Å². The van der Waals surface area contributed by atoms with Crippen LogP contribution in [-0.2, 0) is 9.53 Å². The zero-order valence-corrected chi connectivity index (χ0v) is 9.62. The molecule has 1 fully saturated rings. The molecule has 1 amide bonds. The van der Waals surface area contributed by atoms with E-state index in [9.17, 15) is 4.79 Å². The van der Waals surface area contributed by atoms with Gasteiger partial charge in [-0.25, -0.2) is 0 Å². The van der Waals surface area contributed by atoms with Gasteiger partial charge in [-0.05, 0) is 13.3 Å². The summed E-state index contributed by atoms with van der Waals surface area (Å²) >= 11 is 0. The Labute approximate surface area is 86.4 Å².